The Morgan fingerprint density at radius 1 is 1.08 bits per heavy atom. The van der Waals surface area contributed by atoms with Gasteiger partial charge in [-0.3, -0.25) is 4.90 Å². The van der Waals surface area contributed by atoms with E-state index in [0.717, 1.165) is 5.56 Å². The lowest BCUT2D eigenvalue weighted by Crippen LogP contribution is -2.55. The lowest BCUT2D eigenvalue weighted by molar-refractivity contribution is 0.120. The molecule has 3 amide bonds. The zero-order valence-corrected chi connectivity index (χ0v) is 14.0. The van der Waals surface area contributed by atoms with Crippen LogP contribution in [0.5, 0.6) is 0 Å². The molecule has 2 aliphatic rings. The Labute approximate surface area is 150 Å². The molecule has 2 atom stereocenters. The Hall–Kier alpha value is -3.09. The summed E-state index contributed by atoms with van der Waals surface area (Å²) in [5.74, 6) is -0.357. The molecule has 0 bridgehead atoms. The van der Waals surface area contributed by atoms with Crippen LogP contribution in [0.4, 0.5) is 19.7 Å². The number of carbonyl (C=O) groups is 2. The van der Waals surface area contributed by atoms with Crippen molar-refractivity contribution < 1.29 is 18.7 Å². The summed E-state index contributed by atoms with van der Waals surface area (Å²) in [4.78, 5) is 28.0. The summed E-state index contributed by atoms with van der Waals surface area (Å²) in [5.41, 5.74) is 1.44. The summed E-state index contributed by atoms with van der Waals surface area (Å²) >= 11 is 0. The van der Waals surface area contributed by atoms with Crippen LogP contribution in [0.3, 0.4) is 0 Å². The third-order valence-corrected chi connectivity index (χ3v) is 4.74. The van der Waals surface area contributed by atoms with Crippen molar-refractivity contribution in [1.29, 1.82) is 0 Å². The lowest BCUT2D eigenvalue weighted by atomic mass is 10.0. The SMILES string of the molecule is O=C(Nc1ccc(F)cc1)N1CCN2C(=O)OC(c3ccccc3)C2C1. The summed E-state index contributed by atoms with van der Waals surface area (Å²) in [6, 6.07) is 14.6. The van der Waals surface area contributed by atoms with E-state index in [0.29, 0.717) is 25.3 Å². The topological polar surface area (TPSA) is 61.9 Å². The van der Waals surface area contributed by atoms with E-state index in [4.69, 9.17) is 4.74 Å². The zero-order valence-electron chi connectivity index (χ0n) is 14.0. The number of amides is 3. The molecular formula is C19H18FN3O3. The van der Waals surface area contributed by atoms with Crippen molar-refractivity contribution in [3.8, 4) is 0 Å². The average molecular weight is 355 g/mol. The van der Waals surface area contributed by atoms with Gasteiger partial charge in [-0.15, -0.1) is 0 Å². The molecule has 2 heterocycles. The minimum Gasteiger partial charge on any atom is -0.439 e. The van der Waals surface area contributed by atoms with Gasteiger partial charge in [0.05, 0.1) is 6.04 Å². The van der Waals surface area contributed by atoms with Gasteiger partial charge in [0.1, 0.15) is 5.82 Å². The Bertz CT molecular complexity index is 813. The molecular weight excluding hydrogens is 337 g/mol. The summed E-state index contributed by atoms with van der Waals surface area (Å²) in [6.07, 6.45) is -0.743. The molecule has 4 rings (SSSR count). The van der Waals surface area contributed by atoms with Crippen LogP contribution in [0, 0.1) is 5.82 Å². The van der Waals surface area contributed by atoms with Gasteiger partial charge in [-0.25, -0.2) is 14.0 Å². The fourth-order valence-corrected chi connectivity index (χ4v) is 3.40. The Morgan fingerprint density at radius 3 is 2.54 bits per heavy atom. The van der Waals surface area contributed by atoms with E-state index in [1.54, 1.807) is 9.80 Å². The molecule has 26 heavy (non-hydrogen) atoms. The highest BCUT2D eigenvalue weighted by Crippen LogP contribution is 2.34. The predicted octanol–water partition coefficient (Wildman–Crippen LogP) is 3.24. The Morgan fingerprint density at radius 2 is 1.81 bits per heavy atom. The highest BCUT2D eigenvalue weighted by molar-refractivity contribution is 5.89. The maximum absolute atomic E-state index is 13.0. The highest BCUT2D eigenvalue weighted by atomic mass is 19.1. The van der Waals surface area contributed by atoms with E-state index in [2.05, 4.69) is 5.32 Å². The number of cyclic esters (lactones) is 1. The van der Waals surface area contributed by atoms with Gasteiger partial charge in [0.2, 0.25) is 0 Å². The molecule has 2 unspecified atom stereocenters. The van der Waals surface area contributed by atoms with E-state index in [1.165, 1.54) is 24.3 Å². The lowest BCUT2D eigenvalue weighted by Gasteiger charge is -2.37. The number of rotatable bonds is 2. The van der Waals surface area contributed by atoms with Crippen molar-refractivity contribution >= 4 is 17.8 Å². The summed E-state index contributed by atoms with van der Waals surface area (Å²) in [5, 5.41) is 2.76. The first-order chi connectivity index (χ1) is 12.6. The first-order valence-electron chi connectivity index (χ1n) is 8.45. The second-order valence-corrected chi connectivity index (χ2v) is 6.36. The van der Waals surface area contributed by atoms with Crippen LogP contribution in [-0.2, 0) is 4.74 Å². The number of hydrogen-bond acceptors (Lipinski definition) is 3. The first-order valence-corrected chi connectivity index (χ1v) is 8.45. The largest absolute Gasteiger partial charge is 0.439 e. The molecule has 0 saturated carbocycles. The fraction of sp³-hybridized carbons (Fsp3) is 0.263. The Balaban J connectivity index is 1.48. The zero-order chi connectivity index (χ0) is 18.1. The summed E-state index contributed by atoms with van der Waals surface area (Å²) in [6.45, 7) is 1.21. The van der Waals surface area contributed by atoms with Crippen LogP contribution in [0.2, 0.25) is 0 Å². The van der Waals surface area contributed by atoms with E-state index in [9.17, 15) is 14.0 Å². The average Bonchev–Trinajstić information content (AvgIpc) is 3.00. The second kappa shape index (κ2) is 6.67. The normalized spacial score (nSPS) is 22.0. The number of carbonyl (C=O) groups excluding carboxylic acids is 2. The monoisotopic (exact) mass is 355 g/mol. The summed E-state index contributed by atoms with van der Waals surface area (Å²) in [7, 11) is 0. The molecule has 7 heteroatoms. The number of halogens is 1. The second-order valence-electron chi connectivity index (χ2n) is 6.36. The van der Waals surface area contributed by atoms with Crippen molar-refractivity contribution in [2.24, 2.45) is 0 Å². The van der Waals surface area contributed by atoms with Gasteiger partial charge in [0.15, 0.2) is 6.10 Å². The predicted molar refractivity (Wildman–Crippen MR) is 93.1 cm³/mol. The van der Waals surface area contributed by atoms with Crippen LogP contribution in [0.15, 0.2) is 54.6 Å². The first kappa shape index (κ1) is 16.4. The van der Waals surface area contributed by atoms with Gasteiger partial charge >= 0.3 is 12.1 Å². The molecule has 2 saturated heterocycles. The number of anilines is 1. The van der Waals surface area contributed by atoms with Gasteiger partial charge in [0, 0.05) is 25.3 Å². The van der Waals surface area contributed by atoms with Gasteiger partial charge in [-0.1, -0.05) is 30.3 Å². The van der Waals surface area contributed by atoms with Gasteiger partial charge in [-0.05, 0) is 29.8 Å². The van der Waals surface area contributed by atoms with Crippen LogP contribution in [-0.4, -0.2) is 47.6 Å². The number of ether oxygens (including phenoxy) is 1. The van der Waals surface area contributed by atoms with Crippen LogP contribution in [0.1, 0.15) is 11.7 Å². The molecule has 0 aromatic heterocycles. The van der Waals surface area contributed by atoms with Crippen molar-refractivity contribution in [3.05, 3.63) is 66.0 Å². The quantitative estimate of drug-likeness (QED) is 0.900. The fourth-order valence-electron chi connectivity index (χ4n) is 3.40. The van der Waals surface area contributed by atoms with Crippen molar-refractivity contribution in [2.45, 2.75) is 12.1 Å². The maximum atomic E-state index is 13.0. The van der Waals surface area contributed by atoms with Crippen LogP contribution >= 0.6 is 0 Å². The Kier molecular flexibility index (Phi) is 4.20. The summed E-state index contributed by atoms with van der Waals surface area (Å²) < 4.78 is 18.5. The highest BCUT2D eigenvalue weighted by Gasteiger charge is 2.46. The van der Waals surface area contributed by atoms with Gasteiger partial charge < -0.3 is 15.0 Å². The number of benzene rings is 2. The molecule has 0 aliphatic carbocycles. The maximum Gasteiger partial charge on any atom is 0.410 e. The van der Waals surface area contributed by atoms with Crippen molar-refractivity contribution in [1.82, 2.24) is 9.80 Å². The van der Waals surface area contributed by atoms with Gasteiger partial charge in [0.25, 0.3) is 0 Å². The molecule has 0 radical (unpaired) electrons. The molecule has 134 valence electrons. The minimum absolute atomic E-state index is 0.224. The minimum atomic E-state index is -0.398. The third-order valence-electron chi connectivity index (χ3n) is 4.74. The number of nitrogens with one attached hydrogen (secondary N) is 1. The molecule has 6 nitrogen and oxygen atoms in total. The third kappa shape index (κ3) is 3.08. The smallest absolute Gasteiger partial charge is 0.410 e. The van der Waals surface area contributed by atoms with Crippen molar-refractivity contribution in [3.63, 3.8) is 0 Å². The number of hydrogen-bond donors (Lipinski definition) is 1. The van der Waals surface area contributed by atoms with E-state index in [-0.39, 0.29) is 24.0 Å². The van der Waals surface area contributed by atoms with E-state index in [1.807, 2.05) is 30.3 Å². The van der Waals surface area contributed by atoms with Gasteiger partial charge in [-0.2, -0.15) is 0 Å². The molecule has 2 aromatic carbocycles. The van der Waals surface area contributed by atoms with Crippen LogP contribution in [0.25, 0.3) is 0 Å². The molecule has 2 aromatic rings. The standard InChI is InChI=1S/C19H18FN3O3/c20-14-6-8-15(9-7-14)21-18(24)22-10-11-23-16(12-22)17(26-19(23)25)13-4-2-1-3-5-13/h1-9,16-17H,10-12H2,(H,21,24). The van der Waals surface area contributed by atoms with Crippen LogP contribution < -0.4 is 5.32 Å². The number of fused-ring (bicyclic) bond motifs is 1. The van der Waals surface area contributed by atoms with E-state index < -0.39 is 6.10 Å². The molecule has 1 N–H and O–H groups in total. The molecule has 2 fully saturated rings. The molecule has 0 spiro atoms. The van der Waals surface area contributed by atoms with E-state index >= 15 is 0 Å². The van der Waals surface area contributed by atoms with Crippen molar-refractivity contribution in [2.75, 3.05) is 25.0 Å². The number of nitrogens with zero attached hydrogens (tertiary/aromatic N) is 2. The molecule has 2 aliphatic heterocycles. The number of urea groups is 1. The number of piperazine rings is 1.